The van der Waals surface area contributed by atoms with Crippen LogP contribution in [0.1, 0.15) is 33.4 Å². The van der Waals surface area contributed by atoms with Crippen molar-refractivity contribution in [2.45, 2.75) is 19.9 Å². The average molecular weight is 308 g/mol. The monoisotopic (exact) mass is 307 g/mol. The minimum absolute atomic E-state index is 0.283. The van der Waals surface area contributed by atoms with E-state index in [2.05, 4.69) is 15.5 Å². The van der Waals surface area contributed by atoms with Crippen LogP contribution in [0.4, 0.5) is 0 Å². The summed E-state index contributed by atoms with van der Waals surface area (Å²) in [5.74, 6) is -1.69. The molecule has 1 aromatic heterocycles. The second-order valence-electron chi connectivity index (χ2n) is 4.58. The van der Waals surface area contributed by atoms with Crippen LogP contribution < -0.4 is 5.32 Å². The highest BCUT2D eigenvalue weighted by Crippen LogP contribution is 2.23. The number of carbonyl (C=O) groups excluding carboxylic acids is 1. The molecule has 110 valence electrons. The van der Waals surface area contributed by atoms with Gasteiger partial charge in [-0.3, -0.25) is 9.89 Å². The third-order valence-electron chi connectivity index (χ3n) is 3.09. The number of halogens is 1. The summed E-state index contributed by atoms with van der Waals surface area (Å²) in [5.41, 5.74) is 1.76. The Bertz CT molecular complexity index is 677. The summed E-state index contributed by atoms with van der Waals surface area (Å²) in [5, 5.41) is 18.7. The zero-order valence-corrected chi connectivity index (χ0v) is 12.2. The number of rotatable bonds is 4. The van der Waals surface area contributed by atoms with E-state index in [1.165, 1.54) is 0 Å². The van der Waals surface area contributed by atoms with Crippen molar-refractivity contribution in [3.8, 4) is 0 Å². The lowest BCUT2D eigenvalue weighted by Gasteiger charge is -2.16. The van der Waals surface area contributed by atoms with Gasteiger partial charge in [0.1, 0.15) is 0 Å². The van der Waals surface area contributed by atoms with Gasteiger partial charge in [-0.1, -0.05) is 29.8 Å². The predicted octanol–water partition coefficient (Wildman–Crippen LogP) is 2.24. The fourth-order valence-corrected chi connectivity index (χ4v) is 2.32. The number of carbonyl (C=O) groups is 2. The molecule has 0 spiro atoms. The maximum absolute atomic E-state index is 12.3. The second kappa shape index (κ2) is 5.97. The first-order valence-corrected chi connectivity index (χ1v) is 6.59. The predicted molar refractivity (Wildman–Crippen MR) is 77.4 cm³/mol. The molecule has 6 nitrogen and oxygen atoms in total. The van der Waals surface area contributed by atoms with Crippen LogP contribution in [0.15, 0.2) is 24.3 Å². The molecule has 0 radical (unpaired) electrons. The van der Waals surface area contributed by atoms with E-state index in [1.54, 1.807) is 38.1 Å². The lowest BCUT2D eigenvalue weighted by atomic mass is 10.1. The molecule has 1 aromatic carbocycles. The zero-order chi connectivity index (χ0) is 15.6. The number of H-pyrrole nitrogens is 1. The SMILES string of the molecule is Cc1n[nH]c(C)c1C(=O)N[C@@H](C(=O)O)c1ccccc1Cl. The van der Waals surface area contributed by atoms with Gasteiger partial charge in [-0.2, -0.15) is 5.10 Å². The largest absolute Gasteiger partial charge is 0.479 e. The molecule has 1 amide bonds. The molecular formula is C14H14ClN3O3. The number of amides is 1. The molecule has 0 saturated carbocycles. The van der Waals surface area contributed by atoms with Gasteiger partial charge in [0.2, 0.25) is 0 Å². The van der Waals surface area contributed by atoms with E-state index in [0.29, 0.717) is 22.5 Å². The van der Waals surface area contributed by atoms with E-state index >= 15 is 0 Å². The second-order valence-corrected chi connectivity index (χ2v) is 4.98. The van der Waals surface area contributed by atoms with Gasteiger partial charge in [0.05, 0.1) is 11.3 Å². The fraction of sp³-hybridized carbons (Fsp3) is 0.214. The Morgan fingerprint density at radius 3 is 2.52 bits per heavy atom. The van der Waals surface area contributed by atoms with Gasteiger partial charge in [0.15, 0.2) is 6.04 Å². The van der Waals surface area contributed by atoms with E-state index in [9.17, 15) is 14.7 Å². The Morgan fingerprint density at radius 2 is 2.00 bits per heavy atom. The van der Waals surface area contributed by atoms with Crippen LogP contribution >= 0.6 is 11.6 Å². The summed E-state index contributed by atoms with van der Waals surface area (Å²) in [6.45, 7) is 3.36. The van der Waals surface area contributed by atoms with Crippen LogP contribution in [0.5, 0.6) is 0 Å². The minimum atomic E-state index is -1.22. The minimum Gasteiger partial charge on any atom is -0.479 e. The molecule has 7 heteroatoms. The lowest BCUT2D eigenvalue weighted by molar-refractivity contribution is -0.139. The zero-order valence-electron chi connectivity index (χ0n) is 11.5. The molecule has 0 aliphatic carbocycles. The summed E-state index contributed by atoms with van der Waals surface area (Å²) in [6.07, 6.45) is 0. The van der Waals surface area contributed by atoms with Crippen molar-refractivity contribution in [2.24, 2.45) is 0 Å². The number of aromatic nitrogens is 2. The summed E-state index contributed by atoms with van der Waals surface area (Å²) in [6, 6.07) is 5.28. The van der Waals surface area contributed by atoms with Gasteiger partial charge in [0, 0.05) is 16.3 Å². The van der Waals surface area contributed by atoms with Crippen molar-refractivity contribution in [3.63, 3.8) is 0 Å². The Hall–Kier alpha value is -2.34. The van der Waals surface area contributed by atoms with Crippen LogP contribution in [-0.2, 0) is 4.79 Å². The van der Waals surface area contributed by atoms with Gasteiger partial charge in [0.25, 0.3) is 5.91 Å². The van der Waals surface area contributed by atoms with Crippen molar-refractivity contribution in [1.82, 2.24) is 15.5 Å². The van der Waals surface area contributed by atoms with E-state index in [4.69, 9.17) is 11.6 Å². The van der Waals surface area contributed by atoms with Crippen molar-refractivity contribution in [2.75, 3.05) is 0 Å². The van der Waals surface area contributed by atoms with Crippen LogP contribution in [0.2, 0.25) is 5.02 Å². The Balaban J connectivity index is 2.32. The summed E-state index contributed by atoms with van der Waals surface area (Å²) < 4.78 is 0. The van der Waals surface area contributed by atoms with E-state index in [0.717, 1.165) is 0 Å². The van der Waals surface area contributed by atoms with Gasteiger partial charge >= 0.3 is 5.97 Å². The number of benzene rings is 1. The normalized spacial score (nSPS) is 12.0. The molecule has 3 N–H and O–H groups in total. The molecule has 0 aliphatic rings. The molecule has 1 heterocycles. The average Bonchev–Trinajstić information content (AvgIpc) is 2.76. The highest BCUT2D eigenvalue weighted by molar-refractivity contribution is 6.31. The van der Waals surface area contributed by atoms with Crippen molar-refractivity contribution >= 4 is 23.5 Å². The number of nitrogens with zero attached hydrogens (tertiary/aromatic N) is 1. The van der Waals surface area contributed by atoms with Gasteiger partial charge in [-0.05, 0) is 19.9 Å². The molecule has 1 atom stereocenters. The van der Waals surface area contributed by atoms with Gasteiger partial charge < -0.3 is 10.4 Å². The number of carboxylic acid groups (broad SMARTS) is 1. The quantitative estimate of drug-likeness (QED) is 0.807. The molecule has 2 aromatic rings. The third-order valence-corrected chi connectivity index (χ3v) is 3.44. The van der Waals surface area contributed by atoms with Crippen LogP contribution in [-0.4, -0.2) is 27.2 Å². The van der Waals surface area contributed by atoms with E-state index < -0.39 is 17.9 Å². The van der Waals surface area contributed by atoms with Crippen molar-refractivity contribution in [1.29, 1.82) is 0 Å². The van der Waals surface area contributed by atoms with Crippen molar-refractivity contribution in [3.05, 3.63) is 51.8 Å². The standard InChI is InChI=1S/C14H14ClN3O3/c1-7-11(8(2)18-17-7)13(19)16-12(14(20)21)9-5-3-4-6-10(9)15/h3-6,12H,1-2H3,(H,16,19)(H,17,18)(H,20,21)/t12-/m1/s1. The van der Waals surface area contributed by atoms with Gasteiger partial charge in [-0.15, -0.1) is 0 Å². The number of hydrogen-bond donors (Lipinski definition) is 3. The number of aliphatic carboxylic acids is 1. The highest BCUT2D eigenvalue weighted by atomic mass is 35.5. The number of aromatic amines is 1. The van der Waals surface area contributed by atoms with Crippen LogP contribution in [0.25, 0.3) is 0 Å². The number of hydrogen-bond acceptors (Lipinski definition) is 3. The highest BCUT2D eigenvalue weighted by Gasteiger charge is 2.26. The summed E-state index contributed by atoms with van der Waals surface area (Å²) in [4.78, 5) is 23.7. The Kier molecular flexibility index (Phi) is 4.28. The molecule has 0 bridgehead atoms. The molecule has 2 rings (SSSR count). The topological polar surface area (TPSA) is 95.1 Å². The lowest BCUT2D eigenvalue weighted by Crippen LogP contribution is -2.34. The number of nitrogens with one attached hydrogen (secondary N) is 2. The third kappa shape index (κ3) is 3.05. The summed E-state index contributed by atoms with van der Waals surface area (Å²) in [7, 11) is 0. The van der Waals surface area contributed by atoms with Crippen LogP contribution in [0.3, 0.4) is 0 Å². The maximum Gasteiger partial charge on any atom is 0.330 e. The molecular weight excluding hydrogens is 294 g/mol. The fourth-order valence-electron chi connectivity index (χ4n) is 2.07. The number of aryl methyl sites for hydroxylation is 2. The smallest absolute Gasteiger partial charge is 0.330 e. The van der Waals surface area contributed by atoms with Crippen LogP contribution in [0, 0.1) is 13.8 Å². The Labute approximate surface area is 126 Å². The maximum atomic E-state index is 12.3. The molecule has 0 saturated heterocycles. The molecule has 0 aliphatic heterocycles. The first-order valence-electron chi connectivity index (χ1n) is 6.21. The first-order chi connectivity index (χ1) is 9.91. The van der Waals surface area contributed by atoms with E-state index in [-0.39, 0.29) is 5.02 Å². The molecule has 0 unspecified atom stereocenters. The Morgan fingerprint density at radius 1 is 1.33 bits per heavy atom. The summed E-state index contributed by atoms with van der Waals surface area (Å²) >= 11 is 6.00. The molecule has 21 heavy (non-hydrogen) atoms. The van der Waals surface area contributed by atoms with E-state index in [1.807, 2.05) is 0 Å². The molecule has 0 fully saturated rings. The first kappa shape index (κ1) is 15.1. The van der Waals surface area contributed by atoms with Crippen molar-refractivity contribution < 1.29 is 14.7 Å². The number of carboxylic acids is 1. The van der Waals surface area contributed by atoms with Gasteiger partial charge in [-0.25, -0.2) is 4.79 Å².